The van der Waals surface area contributed by atoms with Gasteiger partial charge in [-0.2, -0.15) is 0 Å². The van der Waals surface area contributed by atoms with Crippen LogP contribution in [0.5, 0.6) is 0 Å². The molecule has 66 valence electrons. The van der Waals surface area contributed by atoms with E-state index in [0.29, 0.717) is 5.41 Å². The quantitative estimate of drug-likeness (QED) is 0.511. The van der Waals surface area contributed by atoms with Gasteiger partial charge in [-0.15, -0.1) is 0 Å². The molecule has 0 saturated carbocycles. The van der Waals surface area contributed by atoms with E-state index in [1.54, 1.807) is 0 Å². The maximum absolute atomic E-state index is 2.40. The standard InChI is InChI=1S/C10H22N/c1-10(2,3)9-11(4)7-5-6-8-11/h5-9H2,1-4H3/q+1. The lowest BCUT2D eigenvalue weighted by molar-refractivity contribution is -0.903. The van der Waals surface area contributed by atoms with Gasteiger partial charge in [-0.1, -0.05) is 20.8 Å². The SMILES string of the molecule is CC(C)(C)C[N+]1(C)CCCC1. The van der Waals surface area contributed by atoms with Crippen molar-refractivity contribution in [3.8, 4) is 0 Å². The van der Waals surface area contributed by atoms with E-state index in [1.807, 2.05) is 0 Å². The Morgan fingerprint density at radius 3 is 1.91 bits per heavy atom. The molecule has 0 aliphatic carbocycles. The molecule has 1 aliphatic heterocycles. The second-order valence-corrected chi connectivity index (χ2v) is 5.49. The third kappa shape index (κ3) is 2.82. The van der Waals surface area contributed by atoms with Crippen LogP contribution in [-0.2, 0) is 0 Å². The average molecular weight is 156 g/mol. The van der Waals surface area contributed by atoms with Crippen molar-refractivity contribution >= 4 is 0 Å². The molecule has 0 bridgehead atoms. The third-order valence-corrected chi connectivity index (χ3v) is 2.50. The van der Waals surface area contributed by atoms with Gasteiger partial charge >= 0.3 is 0 Å². The third-order valence-electron chi connectivity index (χ3n) is 2.50. The zero-order chi connectivity index (χ0) is 8.54. The number of hydrogen-bond acceptors (Lipinski definition) is 0. The fourth-order valence-electron chi connectivity index (χ4n) is 2.40. The van der Waals surface area contributed by atoms with Crippen molar-refractivity contribution in [1.29, 1.82) is 0 Å². The van der Waals surface area contributed by atoms with Crippen LogP contribution in [0.25, 0.3) is 0 Å². The zero-order valence-corrected chi connectivity index (χ0v) is 8.48. The molecule has 0 radical (unpaired) electrons. The van der Waals surface area contributed by atoms with E-state index in [2.05, 4.69) is 27.8 Å². The van der Waals surface area contributed by atoms with Crippen LogP contribution >= 0.6 is 0 Å². The summed E-state index contributed by atoms with van der Waals surface area (Å²) >= 11 is 0. The summed E-state index contributed by atoms with van der Waals surface area (Å²) in [5, 5.41) is 0. The normalized spacial score (nSPS) is 24.0. The molecule has 1 heterocycles. The highest BCUT2D eigenvalue weighted by Crippen LogP contribution is 2.24. The van der Waals surface area contributed by atoms with Gasteiger partial charge in [0.15, 0.2) is 0 Å². The molecular weight excluding hydrogens is 134 g/mol. The van der Waals surface area contributed by atoms with Crippen molar-refractivity contribution in [2.75, 3.05) is 26.7 Å². The van der Waals surface area contributed by atoms with Crippen LogP contribution in [0.3, 0.4) is 0 Å². The molecule has 1 nitrogen and oxygen atoms in total. The van der Waals surface area contributed by atoms with Gasteiger partial charge in [0.25, 0.3) is 0 Å². The highest BCUT2D eigenvalue weighted by molar-refractivity contribution is 4.63. The number of hydrogen-bond donors (Lipinski definition) is 0. The van der Waals surface area contributed by atoms with Crippen LogP contribution in [0.1, 0.15) is 33.6 Å². The van der Waals surface area contributed by atoms with Gasteiger partial charge in [-0.25, -0.2) is 0 Å². The van der Waals surface area contributed by atoms with Crippen LogP contribution in [-0.4, -0.2) is 31.2 Å². The summed E-state index contributed by atoms with van der Waals surface area (Å²) in [4.78, 5) is 0. The molecule has 11 heavy (non-hydrogen) atoms. The largest absolute Gasteiger partial charge is 0.326 e. The molecule has 0 unspecified atom stereocenters. The minimum absolute atomic E-state index is 0.499. The molecule has 1 aliphatic rings. The van der Waals surface area contributed by atoms with Gasteiger partial charge in [0.2, 0.25) is 0 Å². The Morgan fingerprint density at radius 1 is 1.09 bits per heavy atom. The number of quaternary nitrogens is 1. The summed E-state index contributed by atoms with van der Waals surface area (Å²) in [6, 6.07) is 0. The van der Waals surface area contributed by atoms with E-state index < -0.39 is 0 Å². The molecule has 0 amide bonds. The Hall–Kier alpha value is -0.0400. The topological polar surface area (TPSA) is 0 Å². The molecule has 0 aromatic rings. The van der Waals surface area contributed by atoms with Crippen LogP contribution in [0.2, 0.25) is 0 Å². The monoisotopic (exact) mass is 156 g/mol. The van der Waals surface area contributed by atoms with Crippen molar-refractivity contribution < 1.29 is 4.48 Å². The van der Waals surface area contributed by atoms with Crippen molar-refractivity contribution in [2.45, 2.75) is 33.6 Å². The fourth-order valence-corrected chi connectivity index (χ4v) is 2.40. The summed E-state index contributed by atoms with van der Waals surface area (Å²) in [7, 11) is 2.40. The predicted octanol–water partition coefficient (Wildman–Crippen LogP) is 2.27. The van der Waals surface area contributed by atoms with Gasteiger partial charge in [0.1, 0.15) is 0 Å². The first-order valence-corrected chi connectivity index (χ1v) is 4.75. The molecule has 1 saturated heterocycles. The Balaban J connectivity index is 2.46. The Bertz CT molecular complexity index is 126. The van der Waals surface area contributed by atoms with Crippen molar-refractivity contribution in [1.82, 2.24) is 0 Å². The fraction of sp³-hybridized carbons (Fsp3) is 1.00. The lowest BCUT2D eigenvalue weighted by atomic mass is 9.95. The summed E-state index contributed by atoms with van der Waals surface area (Å²) in [5.41, 5.74) is 0.499. The van der Waals surface area contributed by atoms with Crippen molar-refractivity contribution in [3.05, 3.63) is 0 Å². The Morgan fingerprint density at radius 2 is 1.55 bits per heavy atom. The molecule has 0 spiro atoms. The van der Waals surface area contributed by atoms with Crippen LogP contribution in [0.15, 0.2) is 0 Å². The van der Waals surface area contributed by atoms with E-state index in [4.69, 9.17) is 0 Å². The molecule has 0 aromatic carbocycles. The van der Waals surface area contributed by atoms with Gasteiger partial charge in [0, 0.05) is 18.3 Å². The molecule has 0 atom stereocenters. The summed E-state index contributed by atoms with van der Waals surface area (Å²) in [6.45, 7) is 11.2. The lowest BCUT2D eigenvalue weighted by Gasteiger charge is -2.35. The summed E-state index contributed by atoms with van der Waals surface area (Å²) in [6.07, 6.45) is 2.87. The van der Waals surface area contributed by atoms with Crippen LogP contribution in [0.4, 0.5) is 0 Å². The minimum atomic E-state index is 0.499. The molecule has 1 fully saturated rings. The Labute approximate surface area is 71.0 Å². The van der Waals surface area contributed by atoms with E-state index in [-0.39, 0.29) is 0 Å². The highest BCUT2D eigenvalue weighted by atomic mass is 15.3. The predicted molar refractivity (Wildman–Crippen MR) is 49.5 cm³/mol. The maximum Gasteiger partial charge on any atom is 0.0833 e. The van der Waals surface area contributed by atoms with Crippen LogP contribution in [0, 0.1) is 5.41 Å². The molecule has 1 rings (SSSR count). The van der Waals surface area contributed by atoms with Gasteiger partial charge < -0.3 is 4.48 Å². The first-order valence-electron chi connectivity index (χ1n) is 4.75. The average Bonchev–Trinajstić information content (AvgIpc) is 2.09. The summed E-state index contributed by atoms with van der Waals surface area (Å²) < 4.78 is 1.31. The second-order valence-electron chi connectivity index (χ2n) is 5.49. The number of likely N-dealkylation sites (tertiary alicyclic amines) is 1. The van der Waals surface area contributed by atoms with E-state index in [9.17, 15) is 0 Å². The number of nitrogens with zero attached hydrogens (tertiary/aromatic N) is 1. The Kier molecular flexibility index (Phi) is 2.29. The minimum Gasteiger partial charge on any atom is -0.326 e. The summed E-state index contributed by atoms with van der Waals surface area (Å²) in [5.74, 6) is 0. The lowest BCUT2D eigenvalue weighted by Crippen LogP contribution is -2.46. The molecule has 1 heteroatoms. The highest BCUT2D eigenvalue weighted by Gasteiger charge is 2.31. The molecule has 0 aromatic heterocycles. The van der Waals surface area contributed by atoms with E-state index in [1.165, 1.54) is 37.0 Å². The zero-order valence-electron chi connectivity index (χ0n) is 8.48. The van der Waals surface area contributed by atoms with Crippen molar-refractivity contribution in [2.24, 2.45) is 5.41 Å². The molecular formula is C10H22N+. The smallest absolute Gasteiger partial charge is 0.0833 e. The maximum atomic E-state index is 2.40. The first-order chi connectivity index (χ1) is 4.91. The van der Waals surface area contributed by atoms with Gasteiger partial charge in [-0.05, 0) is 0 Å². The van der Waals surface area contributed by atoms with Crippen molar-refractivity contribution in [3.63, 3.8) is 0 Å². The first kappa shape index (κ1) is 9.05. The number of rotatable bonds is 1. The van der Waals surface area contributed by atoms with Gasteiger partial charge in [-0.3, -0.25) is 0 Å². The van der Waals surface area contributed by atoms with Crippen LogP contribution < -0.4 is 0 Å². The van der Waals surface area contributed by atoms with E-state index in [0.717, 1.165) is 0 Å². The van der Waals surface area contributed by atoms with Gasteiger partial charge in [0.05, 0.1) is 26.7 Å². The van der Waals surface area contributed by atoms with E-state index >= 15 is 0 Å². The molecule has 0 N–H and O–H groups in total. The second kappa shape index (κ2) is 2.78.